The summed E-state index contributed by atoms with van der Waals surface area (Å²) in [5.41, 5.74) is 0. The fourth-order valence-corrected chi connectivity index (χ4v) is 0. The molecule has 0 atom stereocenters. The first kappa shape index (κ1) is 11.2. The molecule has 0 saturated carbocycles. The summed E-state index contributed by atoms with van der Waals surface area (Å²) in [4.78, 5) is 9.31. The van der Waals surface area contributed by atoms with Crippen LogP contribution in [0.1, 0.15) is 0 Å². The molecule has 5 nitrogen and oxygen atoms in total. The van der Waals surface area contributed by atoms with Gasteiger partial charge in [-0.1, -0.05) is 0 Å². The normalized spacial score (nSPS) is 9.22. The van der Waals surface area contributed by atoms with Crippen molar-refractivity contribution >= 4 is 15.3 Å². The van der Waals surface area contributed by atoms with Crippen LogP contribution in [0.2, 0.25) is 0 Å². The maximum Gasteiger partial charge on any atom is 0.437 e. The van der Waals surface area contributed by atoms with Crippen LogP contribution < -0.4 is 5.14 Å². The Balaban J connectivity index is 0. The highest BCUT2D eigenvalue weighted by molar-refractivity contribution is 8.03. The lowest BCUT2D eigenvalue weighted by molar-refractivity contribution is 0.219. The Morgan fingerprint density at radius 2 is 1.67 bits per heavy atom. The Bertz CT molecular complexity index is 173. The molecule has 0 unspecified atom stereocenters. The van der Waals surface area contributed by atoms with Crippen LogP contribution in [0.4, 0.5) is 9.18 Å². The van der Waals surface area contributed by atoms with Gasteiger partial charge in [-0.25, -0.2) is 22.7 Å². The molecule has 9 heavy (non-hydrogen) atoms. The number of sulfonamides is 1. The predicted molar refractivity (Wildman–Crippen MR) is 25.5 cm³/mol. The number of primary sulfonamides is 1. The molecule has 0 aromatic rings. The molecule has 0 aromatic carbocycles. The Hall–Kier alpha value is -0.690. The molecule has 0 amide bonds. The number of hydrogen-bond donors (Lipinski definition) is 2. The summed E-state index contributed by atoms with van der Waals surface area (Å²) < 4.78 is 27.8. The molecule has 53 valence electrons. The van der Waals surface area contributed by atoms with E-state index in [0.717, 1.165) is 0 Å². The van der Waals surface area contributed by atoms with E-state index in [1.807, 2.05) is 0 Å². The van der Waals surface area contributed by atoms with Crippen molar-refractivity contribution in [2.45, 2.75) is 0 Å². The van der Waals surface area contributed by atoms with E-state index >= 15 is 0 Å². The molecule has 0 aromatic heterocycles. The zero-order valence-corrected chi connectivity index (χ0v) is 4.85. The maximum absolute atomic E-state index is 9.51. The maximum atomic E-state index is 9.51. The fourth-order valence-electron chi connectivity index (χ4n) is 0. The van der Waals surface area contributed by atoms with E-state index in [2.05, 4.69) is 12.3 Å². The molecular weight excluding hydrogens is 153 g/mol. The third-order valence-electron chi connectivity index (χ3n) is 0.243. The van der Waals surface area contributed by atoms with Gasteiger partial charge in [0, 0.05) is 0 Å². The molecular formula is C2H3FNO4S. The minimum atomic E-state index is -4.32. The summed E-state index contributed by atoms with van der Waals surface area (Å²) in [5, 5.41) is 9.58. The molecule has 0 spiro atoms. The van der Waals surface area contributed by atoms with Crippen LogP contribution in [-0.2, 0) is 10.0 Å². The largest absolute Gasteiger partial charge is 0.469 e. The van der Waals surface area contributed by atoms with Gasteiger partial charge in [0.2, 0.25) is 7.18 Å². The molecule has 0 aliphatic rings. The number of hydrogen-bond acceptors (Lipinski definition) is 3. The highest BCUT2D eigenvalue weighted by atomic mass is 32.2. The monoisotopic (exact) mass is 156 g/mol. The van der Waals surface area contributed by atoms with Gasteiger partial charge in [0.1, 0.15) is 0 Å². The standard InChI is InChI=1S/CF.CH3NO4S/c1-2;2-7(5,6)1(3)4/h;(H,3,4)(H2,2,5,6). The Kier molecular flexibility index (Phi) is 5.22. The highest BCUT2D eigenvalue weighted by Gasteiger charge is 2.11. The van der Waals surface area contributed by atoms with Gasteiger partial charge in [-0.05, 0) is 0 Å². The molecule has 0 aliphatic carbocycles. The van der Waals surface area contributed by atoms with Gasteiger partial charge in [-0.2, -0.15) is 0 Å². The summed E-state index contributed by atoms with van der Waals surface area (Å²) in [6.07, 6.45) is 0. The summed E-state index contributed by atoms with van der Waals surface area (Å²) in [5.74, 6) is 0. The first-order chi connectivity index (χ1) is 3.94. The molecule has 0 rings (SSSR count). The minimum Gasteiger partial charge on any atom is -0.469 e. The smallest absolute Gasteiger partial charge is 0.437 e. The lowest BCUT2D eigenvalue weighted by atomic mass is 11.6. The molecule has 0 bridgehead atoms. The van der Waals surface area contributed by atoms with Crippen LogP contribution in [-0.4, -0.2) is 18.8 Å². The molecule has 3 radical (unpaired) electrons. The number of rotatable bonds is 0. The Morgan fingerprint density at radius 1 is 1.56 bits per heavy atom. The molecule has 3 N–H and O–H groups in total. The Labute approximate surface area is 51.3 Å². The molecule has 7 heteroatoms. The molecule has 0 saturated heterocycles. The minimum absolute atomic E-state index is 2.01. The molecule has 0 heterocycles. The second-order valence-electron chi connectivity index (χ2n) is 0.811. The average molecular weight is 156 g/mol. The zero-order valence-electron chi connectivity index (χ0n) is 4.04. The van der Waals surface area contributed by atoms with Gasteiger partial charge >= 0.3 is 15.3 Å². The van der Waals surface area contributed by atoms with E-state index in [1.165, 1.54) is 0 Å². The third-order valence-corrected chi connectivity index (χ3v) is 0.730. The van der Waals surface area contributed by atoms with Gasteiger partial charge in [0.25, 0.3) is 0 Å². The van der Waals surface area contributed by atoms with Crippen LogP contribution in [0.5, 0.6) is 0 Å². The summed E-state index contributed by atoms with van der Waals surface area (Å²) in [6.45, 7) is 0. The second kappa shape index (κ2) is 4.21. The van der Waals surface area contributed by atoms with E-state index < -0.39 is 15.3 Å². The highest BCUT2D eigenvalue weighted by Crippen LogP contribution is 1.74. The number of nitrogens with two attached hydrogens (primary N) is 1. The first-order valence-electron chi connectivity index (χ1n) is 1.39. The van der Waals surface area contributed by atoms with Crippen molar-refractivity contribution in [1.82, 2.24) is 0 Å². The summed E-state index contributed by atoms with van der Waals surface area (Å²) in [7, 11) is -0.0741. The molecule has 0 aliphatic heterocycles. The van der Waals surface area contributed by atoms with Crippen molar-refractivity contribution in [3.05, 3.63) is 7.18 Å². The average Bonchev–Trinajstić information content (AvgIpc) is 1.69. The lowest BCUT2D eigenvalue weighted by Gasteiger charge is -1.80. The fraction of sp³-hybridized carbons (Fsp3) is 0. The van der Waals surface area contributed by atoms with Crippen LogP contribution in [0.15, 0.2) is 0 Å². The SMILES string of the molecule is NS(=O)(=O)C(=O)O.[C]F. The Morgan fingerprint density at radius 3 is 1.67 bits per heavy atom. The lowest BCUT2D eigenvalue weighted by Crippen LogP contribution is -2.20. The number of carbonyl (C=O) groups is 1. The van der Waals surface area contributed by atoms with Gasteiger partial charge in [-0.3, -0.25) is 0 Å². The van der Waals surface area contributed by atoms with E-state index in [9.17, 15) is 13.2 Å². The first-order valence-corrected chi connectivity index (χ1v) is 2.94. The van der Waals surface area contributed by atoms with Gasteiger partial charge in [-0.15, -0.1) is 0 Å². The van der Waals surface area contributed by atoms with E-state index in [4.69, 9.17) is 9.50 Å². The van der Waals surface area contributed by atoms with Crippen LogP contribution in [0.3, 0.4) is 0 Å². The van der Waals surface area contributed by atoms with Crippen LogP contribution in [0.25, 0.3) is 0 Å². The predicted octanol–water partition coefficient (Wildman–Crippen LogP) is -0.546. The summed E-state index contributed by atoms with van der Waals surface area (Å²) in [6, 6.07) is 0. The van der Waals surface area contributed by atoms with E-state index in [-0.39, 0.29) is 0 Å². The van der Waals surface area contributed by atoms with Crippen molar-refractivity contribution in [2.75, 3.05) is 0 Å². The van der Waals surface area contributed by atoms with Crippen molar-refractivity contribution in [3.8, 4) is 0 Å². The van der Waals surface area contributed by atoms with Gasteiger partial charge in [0.15, 0.2) is 0 Å². The number of halogens is 1. The number of carboxylic acid groups (broad SMARTS) is 1. The van der Waals surface area contributed by atoms with Crippen molar-refractivity contribution in [2.24, 2.45) is 5.14 Å². The van der Waals surface area contributed by atoms with Crippen LogP contribution >= 0.6 is 0 Å². The quantitative estimate of drug-likeness (QED) is 0.491. The van der Waals surface area contributed by atoms with E-state index in [0.29, 0.717) is 0 Å². The molecule has 0 fully saturated rings. The van der Waals surface area contributed by atoms with Crippen molar-refractivity contribution in [1.29, 1.82) is 0 Å². The second-order valence-corrected chi connectivity index (χ2v) is 2.25. The van der Waals surface area contributed by atoms with Gasteiger partial charge in [0.05, 0.1) is 0 Å². The van der Waals surface area contributed by atoms with Crippen molar-refractivity contribution < 1.29 is 22.7 Å². The van der Waals surface area contributed by atoms with Crippen molar-refractivity contribution in [3.63, 3.8) is 0 Å². The topological polar surface area (TPSA) is 97.5 Å². The summed E-state index contributed by atoms with van der Waals surface area (Å²) >= 11 is 0. The van der Waals surface area contributed by atoms with Crippen LogP contribution in [0, 0.1) is 7.18 Å². The van der Waals surface area contributed by atoms with E-state index in [1.54, 1.807) is 0 Å². The van der Waals surface area contributed by atoms with Gasteiger partial charge < -0.3 is 5.11 Å². The zero-order chi connectivity index (χ0) is 8.08. The third kappa shape index (κ3) is 7.31.